The molecular weight excluding hydrogens is 369 g/mol. The van der Waals surface area contributed by atoms with E-state index in [0.29, 0.717) is 5.69 Å². The Morgan fingerprint density at radius 2 is 1.89 bits per heavy atom. The lowest BCUT2D eigenvalue weighted by atomic mass is 10.3. The van der Waals surface area contributed by atoms with Crippen molar-refractivity contribution in [3.05, 3.63) is 28.7 Å². The van der Waals surface area contributed by atoms with Crippen LogP contribution in [-0.4, -0.2) is 22.5 Å². The van der Waals surface area contributed by atoms with Gasteiger partial charge in [0.05, 0.1) is 0 Å². The summed E-state index contributed by atoms with van der Waals surface area (Å²) in [5, 5.41) is 5.03. The molecule has 2 N–H and O–H groups in total. The zero-order valence-electron chi connectivity index (χ0n) is 8.89. The number of halogens is 5. The van der Waals surface area contributed by atoms with Gasteiger partial charge in [0.1, 0.15) is 6.17 Å². The lowest BCUT2D eigenvalue weighted by molar-refractivity contribution is -0.122. The van der Waals surface area contributed by atoms with E-state index in [2.05, 4.69) is 26.6 Å². The highest BCUT2D eigenvalue weighted by Crippen LogP contribution is 2.31. The van der Waals surface area contributed by atoms with Gasteiger partial charge >= 0.3 is 0 Å². The molecule has 1 aromatic rings. The van der Waals surface area contributed by atoms with Crippen LogP contribution in [0.15, 0.2) is 28.7 Å². The van der Waals surface area contributed by atoms with E-state index in [0.717, 1.165) is 4.47 Å². The molecule has 0 fully saturated rings. The van der Waals surface area contributed by atoms with Gasteiger partial charge < -0.3 is 10.6 Å². The van der Waals surface area contributed by atoms with Gasteiger partial charge in [-0.2, -0.15) is 0 Å². The molecular formula is C10H9BrCl3FN2O. The molecule has 0 aliphatic carbocycles. The molecule has 0 heterocycles. The van der Waals surface area contributed by atoms with Crippen LogP contribution < -0.4 is 10.6 Å². The fraction of sp³-hybridized carbons (Fsp3) is 0.300. The van der Waals surface area contributed by atoms with Crippen molar-refractivity contribution in [1.29, 1.82) is 0 Å². The predicted octanol–water partition coefficient (Wildman–Crippen LogP) is 3.64. The van der Waals surface area contributed by atoms with Crippen LogP contribution in [0.2, 0.25) is 0 Å². The van der Waals surface area contributed by atoms with Crippen LogP contribution in [0, 0.1) is 0 Å². The molecule has 1 aromatic carbocycles. The summed E-state index contributed by atoms with van der Waals surface area (Å²) in [6, 6.07) is 6.98. The van der Waals surface area contributed by atoms with Gasteiger partial charge in [-0.05, 0) is 24.3 Å². The van der Waals surface area contributed by atoms with Gasteiger partial charge in [-0.25, -0.2) is 4.39 Å². The molecule has 1 atom stereocenters. The van der Waals surface area contributed by atoms with Gasteiger partial charge in [-0.15, -0.1) is 0 Å². The second-order valence-corrected chi connectivity index (χ2v) is 6.61. The number of benzene rings is 1. The minimum Gasteiger partial charge on any atom is -0.362 e. The molecule has 0 saturated heterocycles. The predicted molar refractivity (Wildman–Crippen MR) is 76.0 cm³/mol. The zero-order valence-corrected chi connectivity index (χ0v) is 12.7. The summed E-state index contributed by atoms with van der Waals surface area (Å²) in [6.45, 7) is -1.18. The normalized spacial score (nSPS) is 12.9. The Bertz CT molecular complexity index is 411. The first-order valence-electron chi connectivity index (χ1n) is 4.77. The fourth-order valence-electron chi connectivity index (χ4n) is 1.11. The molecule has 1 rings (SSSR count). The van der Waals surface area contributed by atoms with E-state index in [9.17, 15) is 9.18 Å². The lowest BCUT2D eigenvalue weighted by Crippen LogP contribution is -2.49. The Balaban J connectivity index is 2.78. The largest absolute Gasteiger partial charge is 0.362 e. The molecule has 0 spiro atoms. The van der Waals surface area contributed by atoms with Gasteiger partial charge in [0.25, 0.3) is 5.91 Å². The second-order valence-electron chi connectivity index (χ2n) is 3.33. The fourth-order valence-corrected chi connectivity index (χ4v) is 1.70. The number of hydrogen-bond acceptors (Lipinski definition) is 2. The average molecular weight is 378 g/mol. The molecule has 100 valence electrons. The number of rotatable bonds is 4. The zero-order chi connectivity index (χ0) is 13.8. The first-order chi connectivity index (χ1) is 8.32. The van der Waals surface area contributed by atoms with E-state index in [1.54, 1.807) is 24.3 Å². The molecule has 0 aromatic heterocycles. The van der Waals surface area contributed by atoms with Crippen molar-refractivity contribution in [1.82, 2.24) is 5.32 Å². The van der Waals surface area contributed by atoms with Crippen LogP contribution in [0.3, 0.4) is 0 Å². The van der Waals surface area contributed by atoms with Crippen LogP contribution in [-0.2, 0) is 4.79 Å². The number of nitrogens with one attached hydrogen (secondary N) is 2. The van der Waals surface area contributed by atoms with Crippen LogP contribution >= 0.6 is 50.7 Å². The minimum absolute atomic E-state index is 0.619. The van der Waals surface area contributed by atoms with E-state index in [-0.39, 0.29) is 0 Å². The highest BCUT2D eigenvalue weighted by atomic mass is 79.9. The Morgan fingerprint density at radius 3 is 2.33 bits per heavy atom. The molecule has 0 aliphatic rings. The Morgan fingerprint density at radius 1 is 1.33 bits per heavy atom. The van der Waals surface area contributed by atoms with Crippen LogP contribution in [0.25, 0.3) is 0 Å². The number of hydrogen-bond donors (Lipinski definition) is 2. The quantitative estimate of drug-likeness (QED) is 0.620. The maximum atomic E-state index is 12.2. The van der Waals surface area contributed by atoms with Crippen molar-refractivity contribution in [3.63, 3.8) is 0 Å². The number of anilines is 1. The first kappa shape index (κ1) is 15.8. The molecule has 3 nitrogen and oxygen atoms in total. The summed E-state index contributed by atoms with van der Waals surface area (Å²) in [6.07, 6.45) is -1.04. The van der Waals surface area contributed by atoms with Gasteiger partial charge in [0.2, 0.25) is 3.79 Å². The SMILES string of the molecule is O=C(CF)NC(Nc1ccc(Br)cc1)C(Cl)(Cl)Cl. The van der Waals surface area contributed by atoms with Gasteiger partial charge in [0.15, 0.2) is 6.67 Å². The maximum Gasteiger partial charge on any atom is 0.253 e. The van der Waals surface area contributed by atoms with E-state index in [4.69, 9.17) is 34.8 Å². The number of carbonyl (C=O) groups excluding carboxylic acids is 1. The highest BCUT2D eigenvalue weighted by Gasteiger charge is 2.33. The monoisotopic (exact) mass is 376 g/mol. The molecule has 0 saturated carbocycles. The van der Waals surface area contributed by atoms with Crippen LogP contribution in [0.4, 0.5) is 10.1 Å². The van der Waals surface area contributed by atoms with Crippen molar-refractivity contribution >= 4 is 62.3 Å². The van der Waals surface area contributed by atoms with E-state index in [1.165, 1.54) is 0 Å². The molecule has 1 amide bonds. The third kappa shape index (κ3) is 5.18. The van der Waals surface area contributed by atoms with E-state index < -0.39 is 22.5 Å². The van der Waals surface area contributed by atoms with Crippen LogP contribution in [0.1, 0.15) is 0 Å². The highest BCUT2D eigenvalue weighted by molar-refractivity contribution is 9.10. The topological polar surface area (TPSA) is 41.1 Å². The minimum atomic E-state index is -1.81. The Kier molecular flexibility index (Phi) is 5.98. The summed E-state index contributed by atoms with van der Waals surface area (Å²) in [4.78, 5) is 11.0. The van der Waals surface area contributed by atoms with Crippen molar-refractivity contribution in [3.8, 4) is 0 Å². The molecule has 1 unspecified atom stereocenters. The summed E-state index contributed by atoms with van der Waals surface area (Å²) >= 11 is 20.4. The van der Waals surface area contributed by atoms with Gasteiger partial charge in [0, 0.05) is 10.2 Å². The summed E-state index contributed by atoms with van der Waals surface area (Å²) in [5.41, 5.74) is 0.619. The van der Waals surface area contributed by atoms with Crippen molar-refractivity contribution in [2.75, 3.05) is 12.0 Å². The lowest BCUT2D eigenvalue weighted by Gasteiger charge is -2.27. The number of alkyl halides is 4. The van der Waals surface area contributed by atoms with Gasteiger partial charge in [-0.1, -0.05) is 50.7 Å². The smallest absolute Gasteiger partial charge is 0.253 e. The maximum absolute atomic E-state index is 12.2. The summed E-state index contributed by atoms with van der Waals surface area (Å²) in [7, 11) is 0. The van der Waals surface area contributed by atoms with Crippen molar-refractivity contribution in [2.24, 2.45) is 0 Å². The third-order valence-corrected chi connectivity index (χ3v) is 3.09. The molecule has 0 radical (unpaired) electrons. The van der Waals surface area contributed by atoms with Gasteiger partial charge in [-0.3, -0.25) is 4.79 Å². The summed E-state index contributed by atoms with van der Waals surface area (Å²) in [5.74, 6) is -0.865. The molecule has 18 heavy (non-hydrogen) atoms. The van der Waals surface area contributed by atoms with Crippen molar-refractivity contribution < 1.29 is 9.18 Å². The third-order valence-electron chi connectivity index (χ3n) is 1.91. The molecule has 8 heteroatoms. The standard InChI is InChI=1S/C10H9BrCl3FN2O/c11-6-1-3-7(4-2-6)16-9(10(12,13)14)17-8(18)5-15/h1-4,9,16H,5H2,(H,17,18). The number of amides is 1. The second kappa shape index (κ2) is 6.80. The van der Waals surface area contributed by atoms with Crippen molar-refractivity contribution in [2.45, 2.75) is 9.96 Å². The average Bonchev–Trinajstić information content (AvgIpc) is 2.29. The number of carbonyl (C=O) groups is 1. The first-order valence-corrected chi connectivity index (χ1v) is 6.70. The van der Waals surface area contributed by atoms with E-state index in [1.807, 2.05) is 0 Å². The Hall–Kier alpha value is -0.230. The molecule has 0 aliphatic heterocycles. The summed E-state index contributed by atoms with van der Waals surface area (Å²) < 4.78 is 11.2. The Labute approximate surface area is 127 Å². The van der Waals surface area contributed by atoms with Crippen LogP contribution in [0.5, 0.6) is 0 Å². The van der Waals surface area contributed by atoms with E-state index >= 15 is 0 Å². The molecule has 0 bridgehead atoms.